The molecule has 144 valence electrons. The molecule has 0 amide bonds. The molecule has 0 saturated heterocycles. The van der Waals surface area contributed by atoms with Crippen LogP contribution in [0.5, 0.6) is 5.75 Å². The maximum Gasteiger partial charge on any atom is 0.167 e. The number of ether oxygens (including phenoxy) is 1. The second-order valence-corrected chi connectivity index (χ2v) is 7.02. The van der Waals surface area contributed by atoms with E-state index in [0.29, 0.717) is 18.2 Å². The number of aliphatic hydroxyl groups is 1. The van der Waals surface area contributed by atoms with Crippen molar-refractivity contribution in [3.05, 3.63) is 59.5 Å². The summed E-state index contributed by atoms with van der Waals surface area (Å²) >= 11 is 5.94. The highest BCUT2D eigenvalue weighted by molar-refractivity contribution is 6.30. The summed E-state index contributed by atoms with van der Waals surface area (Å²) in [4.78, 5) is 2.06. The average molecular weight is 391 g/mol. The van der Waals surface area contributed by atoms with E-state index in [0.717, 1.165) is 36.0 Å². The lowest BCUT2D eigenvalue weighted by molar-refractivity contribution is 0.214. The maximum absolute atomic E-state index is 14.5. The van der Waals surface area contributed by atoms with Crippen LogP contribution in [-0.2, 0) is 0 Å². The van der Waals surface area contributed by atoms with Crippen LogP contribution in [0.15, 0.2) is 48.7 Å². The van der Waals surface area contributed by atoms with Gasteiger partial charge in [0.1, 0.15) is 0 Å². The van der Waals surface area contributed by atoms with E-state index in [-0.39, 0.29) is 18.2 Å². The predicted octanol–water partition coefficient (Wildman–Crippen LogP) is 4.51. The van der Waals surface area contributed by atoms with Gasteiger partial charge in [-0.05, 0) is 62.8 Å². The SMILES string of the molecule is CN(CCO)CCCCOc1cc2ccn(-c3ccc(Cl)cc3)c2cc1F. The Morgan fingerprint density at radius 1 is 1.11 bits per heavy atom. The zero-order valence-electron chi connectivity index (χ0n) is 15.4. The molecule has 4 nitrogen and oxygen atoms in total. The third kappa shape index (κ3) is 5.01. The van der Waals surface area contributed by atoms with Crippen molar-refractivity contribution in [3.63, 3.8) is 0 Å². The zero-order chi connectivity index (χ0) is 19.2. The van der Waals surface area contributed by atoms with Gasteiger partial charge in [-0.1, -0.05) is 11.6 Å². The van der Waals surface area contributed by atoms with Crippen LogP contribution < -0.4 is 4.74 Å². The second-order valence-electron chi connectivity index (χ2n) is 6.59. The van der Waals surface area contributed by atoms with E-state index in [1.165, 1.54) is 6.07 Å². The average Bonchev–Trinajstić information content (AvgIpc) is 3.05. The van der Waals surface area contributed by atoms with Crippen LogP contribution in [0.1, 0.15) is 12.8 Å². The van der Waals surface area contributed by atoms with Gasteiger partial charge >= 0.3 is 0 Å². The molecule has 3 aromatic rings. The lowest BCUT2D eigenvalue weighted by Crippen LogP contribution is -2.23. The molecule has 27 heavy (non-hydrogen) atoms. The molecule has 0 radical (unpaired) electrons. The van der Waals surface area contributed by atoms with Crippen molar-refractivity contribution in [2.24, 2.45) is 0 Å². The summed E-state index contributed by atoms with van der Waals surface area (Å²) in [6.45, 7) is 2.17. The Morgan fingerprint density at radius 3 is 2.63 bits per heavy atom. The minimum Gasteiger partial charge on any atom is -0.490 e. The highest BCUT2D eigenvalue weighted by atomic mass is 35.5. The van der Waals surface area contributed by atoms with Gasteiger partial charge in [-0.15, -0.1) is 0 Å². The molecule has 0 spiro atoms. The summed E-state index contributed by atoms with van der Waals surface area (Å²) in [5.74, 6) is -0.0890. The van der Waals surface area contributed by atoms with E-state index in [1.54, 1.807) is 6.07 Å². The van der Waals surface area contributed by atoms with Gasteiger partial charge in [-0.2, -0.15) is 0 Å². The Balaban J connectivity index is 1.64. The molecule has 1 heterocycles. The molecule has 6 heteroatoms. The van der Waals surface area contributed by atoms with Gasteiger partial charge < -0.3 is 19.3 Å². The van der Waals surface area contributed by atoms with Crippen molar-refractivity contribution in [2.75, 3.05) is 33.4 Å². The standard InChI is InChI=1S/C21H24ClFN2O2/c1-24(11-12-26)9-2-3-13-27-21-14-16-8-10-25(20(16)15-19(21)23)18-6-4-17(22)5-7-18/h4-8,10,14-15,26H,2-3,9,11-13H2,1H3. The number of benzene rings is 2. The fourth-order valence-electron chi connectivity index (χ4n) is 3.02. The van der Waals surface area contributed by atoms with E-state index < -0.39 is 0 Å². The molecule has 0 fully saturated rings. The van der Waals surface area contributed by atoms with E-state index in [2.05, 4.69) is 4.90 Å². The predicted molar refractivity (Wildman–Crippen MR) is 108 cm³/mol. The summed E-state index contributed by atoms with van der Waals surface area (Å²) in [5, 5.41) is 10.5. The Hall–Kier alpha value is -2.08. The number of aliphatic hydroxyl groups excluding tert-OH is 1. The van der Waals surface area contributed by atoms with Crippen LogP contribution in [-0.4, -0.2) is 47.9 Å². The molecule has 0 atom stereocenters. The van der Waals surface area contributed by atoms with Crippen molar-refractivity contribution in [2.45, 2.75) is 12.8 Å². The normalized spacial score (nSPS) is 11.4. The fourth-order valence-corrected chi connectivity index (χ4v) is 3.15. The Kier molecular flexibility index (Phi) is 6.72. The third-order valence-electron chi connectivity index (χ3n) is 4.52. The van der Waals surface area contributed by atoms with Gasteiger partial charge in [-0.3, -0.25) is 0 Å². The number of unbranched alkanes of at least 4 members (excludes halogenated alkanes) is 1. The largest absolute Gasteiger partial charge is 0.490 e. The topological polar surface area (TPSA) is 37.6 Å². The zero-order valence-corrected chi connectivity index (χ0v) is 16.1. The highest BCUT2D eigenvalue weighted by Gasteiger charge is 2.10. The summed E-state index contributed by atoms with van der Waals surface area (Å²) in [6, 6.07) is 12.6. The van der Waals surface area contributed by atoms with Gasteiger partial charge in [0.15, 0.2) is 11.6 Å². The monoisotopic (exact) mass is 390 g/mol. The fraction of sp³-hybridized carbons (Fsp3) is 0.333. The molecule has 0 saturated carbocycles. The van der Waals surface area contributed by atoms with E-state index in [4.69, 9.17) is 21.4 Å². The molecule has 0 aliphatic rings. The first kappa shape index (κ1) is 19.7. The maximum atomic E-state index is 14.5. The molecule has 0 bridgehead atoms. The molecule has 0 aliphatic heterocycles. The van der Waals surface area contributed by atoms with E-state index in [1.807, 2.05) is 48.1 Å². The number of likely N-dealkylation sites (N-methyl/N-ethyl adjacent to an activating group) is 1. The second kappa shape index (κ2) is 9.22. The number of hydrogen-bond donors (Lipinski definition) is 1. The molecule has 1 N–H and O–H groups in total. The quantitative estimate of drug-likeness (QED) is 0.546. The van der Waals surface area contributed by atoms with Gasteiger partial charge in [0.05, 0.1) is 18.7 Å². The highest BCUT2D eigenvalue weighted by Crippen LogP contribution is 2.28. The summed E-state index contributed by atoms with van der Waals surface area (Å²) in [7, 11) is 1.97. The van der Waals surface area contributed by atoms with Crippen LogP contribution in [0.4, 0.5) is 4.39 Å². The molecule has 0 unspecified atom stereocenters. The number of rotatable bonds is 9. The van der Waals surface area contributed by atoms with Crippen LogP contribution >= 0.6 is 11.6 Å². The van der Waals surface area contributed by atoms with Gasteiger partial charge in [0.25, 0.3) is 0 Å². The van der Waals surface area contributed by atoms with Crippen LogP contribution in [0.3, 0.4) is 0 Å². The number of fused-ring (bicyclic) bond motifs is 1. The summed E-state index contributed by atoms with van der Waals surface area (Å²) < 4.78 is 22.1. The molecule has 2 aromatic carbocycles. The first-order chi connectivity index (χ1) is 13.1. The first-order valence-electron chi connectivity index (χ1n) is 9.07. The van der Waals surface area contributed by atoms with Crippen molar-refractivity contribution in [1.82, 2.24) is 9.47 Å². The van der Waals surface area contributed by atoms with Crippen LogP contribution in [0.25, 0.3) is 16.6 Å². The van der Waals surface area contributed by atoms with Gasteiger partial charge in [0, 0.05) is 34.9 Å². The Labute approximate surface area is 163 Å². The van der Waals surface area contributed by atoms with Gasteiger partial charge in [0.2, 0.25) is 0 Å². The Morgan fingerprint density at radius 2 is 1.89 bits per heavy atom. The van der Waals surface area contributed by atoms with Crippen molar-refractivity contribution in [3.8, 4) is 11.4 Å². The molecular weight excluding hydrogens is 367 g/mol. The summed E-state index contributed by atoms with van der Waals surface area (Å²) in [5.41, 5.74) is 1.71. The van der Waals surface area contributed by atoms with Crippen LogP contribution in [0, 0.1) is 5.82 Å². The van der Waals surface area contributed by atoms with E-state index >= 15 is 0 Å². The molecule has 0 aliphatic carbocycles. The summed E-state index contributed by atoms with van der Waals surface area (Å²) in [6.07, 6.45) is 3.68. The first-order valence-corrected chi connectivity index (χ1v) is 9.45. The Bertz CT molecular complexity index is 880. The van der Waals surface area contributed by atoms with E-state index in [9.17, 15) is 4.39 Å². The van der Waals surface area contributed by atoms with Gasteiger partial charge in [-0.25, -0.2) is 4.39 Å². The number of hydrogen-bond acceptors (Lipinski definition) is 3. The molecule has 3 rings (SSSR count). The minimum absolute atomic E-state index is 0.161. The minimum atomic E-state index is -0.367. The molecular formula is C21H24ClFN2O2. The number of halogens is 2. The lowest BCUT2D eigenvalue weighted by atomic mass is 10.2. The number of aromatic nitrogens is 1. The van der Waals surface area contributed by atoms with Crippen molar-refractivity contribution < 1.29 is 14.2 Å². The van der Waals surface area contributed by atoms with Crippen molar-refractivity contribution >= 4 is 22.5 Å². The smallest absolute Gasteiger partial charge is 0.167 e. The molecule has 1 aromatic heterocycles. The number of nitrogens with zero attached hydrogens (tertiary/aromatic N) is 2. The van der Waals surface area contributed by atoms with Crippen molar-refractivity contribution in [1.29, 1.82) is 0 Å². The lowest BCUT2D eigenvalue weighted by Gasteiger charge is -2.14. The van der Waals surface area contributed by atoms with Crippen LogP contribution in [0.2, 0.25) is 5.02 Å². The third-order valence-corrected chi connectivity index (χ3v) is 4.77.